The van der Waals surface area contributed by atoms with E-state index in [0.717, 1.165) is 23.5 Å². The van der Waals surface area contributed by atoms with Crippen molar-refractivity contribution in [2.45, 2.75) is 0 Å². The van der Waals surface area contributed by atoms with Gasteiger partial charge in [0.05, 0.1) is 14.9 Å². The van der Waals surface area contributed by atoms with E-state index >= 15 is 0 Å². The molecule has 0 atom stereocenters. The standard InChI is InChI=1S/C14H9ClFNO3S/c15-12-5-4-11(21-12)14(20)17-10-3-1-8(7-9(10)16)2-6-13(18)19/h1-7H,(H,17,20)(H,18,19). The molecule has 108 valence electrons. The van der Waals surface area contributed by atoms with Crippen molar-refractivity contribution in [2.75, 3.05) is 5.32 Å². The van der Waals surface area contributed by atoms with E-state index in [9.17, 15) is 14.0 Å². The Hall–Kier alpha value is -2.18. The molecule has 0 saturated carbocycles. The maximum Gasteiger partial charge on any atom is 0.328 e. The lowest BCUT2D eigenvalue weighted by Gasteiger charge is -2.05. The maximum atomic E-state index is 13.8. The molecule has 2 aromatic rings. The minimum Gasteiger partial charge on any atom is -0.478 e. The molecule has 0 aliphatic carbocycles. The summed E-state index contributed by atoms with van der Waals surface area (Å²) in [5.41, 5.74) is 0.393. The molecular formula is C14H9ClFNO3S. The molecule has 0 spiro atoms. The van der Waals surface area contributed by atoms with Crippen LogP contribution in [0.1, 0.15) is 15.2 Å². The first-order valence-electron chi connectivity index (χ1n) is 5.73. The lowest BCUT2D eigenvalue weighted by molar-refractivity contribution is -0.131. The number of thiophene rings is 1. The van der Waals surface area contributed by atoms with Crippen LogP contribution < -0.4 is 5.32 Å². The van der Waals surface area contributed by atoms with Crippen molar-refractivity contribution in [3.8, 4) is 0 Å². The topological polar surface area (TPSA) is 66.4 Å². The predicted octanol–water partition coefficient (Wildman–Crippen LogP) is 3.89. The SMILES string of the molecule is O=C(O)C=Cc1ccc(NC(=O)c2ccc(Cl)s2)c(F)c1. The maximum absolute atomic E-state index is 13.8. The Morgan fingerprint density at radius 1 is 1.29 bits per heavy atom. The highest BCUT2D eigenvalue weighted by Gasteiger charge is 2.11. The molecule has 2 rings (SSSR count). The first kappa shape index (κ1) is 15.2. The Balaban J connectivity index is 2.14. The van der Waals surface area contributed by atoms with Gasteiger partial charge in [-0.15, -0.1) is 11.3 Å². The van der Waals surface area contributed by atoms with Gasteiger partial charge in [-0.05, 0) is 35.9 Å². The van der Waals surface area contributed by atoms with Gasteiger partial charge in [0.1, 0.15) is 5.82 Å². The fourth-order valence-corrected chi connectivity index (χ4v) is 2.46. The van der Waals surface area contributed by atoms with E-state index in [-0.39, 0.29) is 5.69 Å². The summed E-state index contributed by atoms with van der Waals surface area (Å²) in [5, 5.41) is 10.9. The van der Waals surface area contributed by atoms with E-state index in [0.29, 0.717) is 14.8 Å². The molecule has 0 saturated heterocycles. The van der Waals surface area contributed by atoms with Gasteiger partial charge in [0.2, 0.25) is 0 Å². The van der Waals surface area contributed by atoms with Gasteiger partial charge in [-0.1, -0.05) is 17.7 Å². The Kier molecular flexibility index (Phi) is 4.72. The number of hydrogen-bond acceptors (Lipinski definition) is 3. The number of carbonyl (C=O) groups excluding carboxylic acids is 1. The molecule has 1 aromatic heterocycles. The molecule has 0 bridgehead atoms. The molecule has 1 heterocycles. The molecular weight excluding hydrogens is 317 g/mol. The summed E-state index contributed by atoms with van der Waals surface area (Å²) in [4.78, 5) is 22.6. The van der Waals surface area contributed by atoms with Gasteiger partial charge in [-0.3, -0.25) is 4.79 Å². The fraction of sp³-hybridized carbons (Fsp3) is 0. The largest absolute Gasteiger partial charge is 0.478 e. The fourth-order valence-electron chi connectivity index (χ4n) is 1.52. The first-order chi connectivity index (χ1) is 9.95. The number of halogens is 2. The van der Waals surface area contributed by atoms with E-state index in [4.69, 9.17) is 16.7 Å². The van der Waals surface area contributed by atoms with Crippen LogP contribution in [0.5, 0.6) is 0 Å². The van der Waals surface area contributed by atoms with Crippen LogP contribution in [0.25, 0.3) is 6.08 Å². The number of benzene rings is 1. The second-order valence-corrected chi connectivity index (χ2v) is 5.68. The molecule has 1 amide bonds. The Bertz CT molecular complexity index is 727. The Morgan fingerprint density at radius 2 is 2.05 bits per heavy atom. The molecule has 7 heteroatoms. The number of anilines is 1. The van der Waals surface area contributed by atoms with Crippen LogP contribution in [-0.4, -0.2) is 17.0 Å². The average Bonchev–Trinajstić information content (AvgIpc) is 2.86. The highest BCUT2D eigenvalue weighted by molar-refractivity contribution is 7.18. The van der Waals surface area contributed by atoms with Crippen molar-refractivity contribution < 1.29 is 19.1 Å². The summed E-state index contributed by atoms with van der Waals surface area (Å²) in [6, 6.07) is 7.13. The van der Waals surface area contributed by atoms with E-state index in [2.05, 4.69) is 5.32 Å². The van der Waals surface area contributed by atoms with Crippen molar-refractivity contribution in [3.63, 3.8) is 0 Å². The van der Waals surface area contributed by atoms with Gasteiger partial charge in [-0.25, -0.2) is 9.18 Å². The Labute approximate surface area is 128 Å². The third-order valence-electron chi connectivity index (χ3n) is 2.46. The summed E-state index contributed by atoms with van der Waals surface area (Å²) < 4.78 is 14.3. The third kappa shape index (κ3) is 4.14. The second-order valence-electron chi connectivity index (χ2n) is 3.97. The zero-order valence-corrected chi connectivity index (χ0v) is 12.0. The molecule has 21 heavy (non-hydrogen) atoms. The van der Waals surface area contributed by atoms with E-state index in [1.807, 2.05) is 0 Å². The van der Waals surface area contributed by atoms with E-state index < -0.39 is 17.7 Å². The van der Waals surface area contributed by atoms with E-state index in [1.54, 1.807) is 12.1 Å². The summed E-state index contributed by atoms with van der Waals surface area (Å²) >= 11 is 6.82. The zero-order valence-electron chi connectivity index (χ0n) is 10.5. The number of carboxylic acid groups (broad SMARTS) is 1. The number of rotatable bonds is 4. The van der Waals surface area contributed by atoms with Gasteiger partial charge in [-0.2, -0.15) is 0 Å². The zero-order chi connectivity index (χ0) is 15.4. The first-order valence-corrected chi connectivity index (χ1v) is 6.92. The highest BCUT2D eigenvalue weighted by atomic mass is 35.5. The lowest BCUT2D eigenvalue weighted by Crippen LogP contribution is -2.11. The van der Waals surface area contributed by atoms with Crippen molar-refractivity contribution >= 4 is 46.6 Å². The summed E-state index contributed by atoms with van der Waals surface area (Å²) in [6.07, 6.45) is 2.16. The van der Waals surface area contributed by atoms with Crippen LogP contribution in [0.15, 0.2) is 36.4 Å². The van der Waals surface area contributed by atoms with Crippen molar-refractivity contribution in [3.05, 3.63) is 57.0 Å². The predicted molar refractivity (Wildman–Crippen MR) is 80.4 cm³/mol. The number of nitrogens with one attached hydrogen (secondary N) is 1. The minimum atomic E-state index is -1.12. The minimum absolute atomic E-state index is 0.0111. The van der Waals surface area contributed by atoms with E-state index in [1.165, 1.54) is 18.2 Å². The van der Waals surface area contributed by atoms with Gasteiger partial charge in [0.15, 0.2) is 0 Å². The second kappa shape index (κ2) is 6.51. The molecule has 4 nitrogen and oxygen atoms in total. The summed E-state index contributed by atoms with van der Waals surface area (Å²) in [6.45, 7) is 0. The molecule has 0 fully saturated rings. The normalized spacial score (nSPS) is 10.8. The quantitative estimate of drug-likeness (QED) is 0.838. The van der Waals surface area contributed by atoms with Crippen LogP contribution in [0.4, 0.5) is 10.1 Å². The number of amides is 1. The van der Waals surface area contributed by atoms with Gasteiger partial charge in [0.25, 0.3) is 5.91 Å². The molecule has 2 N–H and O–H groups in total. The van der Waals surface area contributed by atoms with Crippen LogP contribution in [0.3, 0.4) is 0 Å². The molecule has 1 aromatic carbocycles. The van der Waals surface area contributed by atoms with Gasteiger partial charge in [0, 0.05) is 6.08 Å². The highest BCUT2D eigenvalue weighted by Crippen LogP contribution is 2.23. The monoisotopic (exact) mass is 325 g/mol. The number of carboxylic acids is 1. The molecule has 0 aliphatic heterocycles. The van der Waals surface area contributed by atoms with Crippen molar-refractivity contribution in [2.24, 2.45) is 0 Å². The Morgan fingerprint density at radius 3 is 2.62 bits per heavy atom. The molecule has 0 radical (unpaired) electrons. The van der Waals surface area contributed by atoms with Crippen LogP contribution in [0.2, 0.25) is 4.34 Å². The number of aliphatic carboxylic acids is 1. The average molecular weight is 326 g/mol. The van der Waals surface area contributed by atoms with Gasteiger partial charge >= 0.3 is 5.97 Å². The number of hydrogen-bond donors (Lipinski definition) is 2. The lowest BCUT2D eigenvalue weighted by atomic mass is 10.2. The number of carbonyl (C=O) groups is 2. The molecule has 0 unspecified atom stereocenters. The van der Waals surface area contributed by atoms with Crippen LogP contribution >= 0.6 is 22.9 Å². The van der Waals surface area contributed by atoms with Crippen LogP contribution in [0, 0.1) is 5.82 Å². The van der Waals surface area contributed by atoms with Crippen molar-refractivity contribution in [1.82, 2.24) is 0 Å². The molecule has 0 aliphatic rings. The third-order valence-corrected chi connectivity index (χ3v) is 3.69. The van der Waals surface area contributed by atoms with Crippen molar-refractivity contribution in [1.29, 1.82) is 0 Å². The smallest absolute Gasteiger partial charge is 0.328 e. The van der Waals surface area contributed by atoms with Crippen LogP contribution in [-0.2, 0) is 4.79 Å². The van der Waals surface area contributed by atoms with Gasteiger partial charge < -0.3 is 10.4 Å². The summed E-state index contributed by atoms with van der Waals surface area (Å²) in [7, 11) is 0. The summed E-state index contributed by atoms with van der Waals surface area (Å²) in [5.74, 6) is -2.24.